The Morgan fingerprint density at radius 3 is 2.27 bits per heavy atom. The maximum Gasteiger partial charge on any atom is 0.320 e. The maximum atomic E-state index is 10.7. The summed E-state index contributed by atoms with van der Waals surface area (Å²) in [5.74, 6) is -1.89. The number of hydrogen-bond donors (Lipinski definition) is 2. The van der Waals surface area contributed by atoms with Gasteiger partial charge in [0.2, 0.25) is 0 Å². The van der Waals surface area contributed by atoms with Crippen molar-refractivity contribution in [2.45, 2.75) is 26.3 Å². The number of nitrogens with zero attached hydrogens (tertiary/aromatic N) is 1. The Balaban J connectivity index is 4.36. The van der Waals surface area contributed by atoms with Crippen molar-refractivity contribution in [1.29, 1.82) is 0 Å². The van der Waals surface area contributed by atoms with E-state index in [4.69, 9.17) is 10.2 Å². The first kappa shape index (κ1) is 13.6. The summed E-state index contributed by atoms with van der Waals surface area (Å²) in [6.07, 6.45) is -0.0646. The van der Waals surface area contributed by atoms with Gasteiger partial charge in [-0.25, -0.2) is 0 Å². The molecule has 2 N–H and O–H groups in total. The van der Waals surface area contributed by atoms with Crippen LogP contribution >= 0.6 is 0 Å². The van der Waals surface area contributed by atoms with Crippen LogP contribution in [0, 0.1) is 0 Å². The predicted octanol–water partition coefficient (Wildman–Crippen LogP) is 0.812. The van der Waals surface area contributed by atoms with Gasteiger partial charge in [0.1, 0.15) is 6.04 Å². The average Bonchev–Trinajstić information content (AvgIpc) is 2.10. The van der Waals surface area contributed by atoms with Crippen LogP contribution in [0.3, 0.4) is 0 Å². The lowest BCUT2D eigenvalue weighted by atomic mass is 10.2. The van der Waals surface area contributed by atoms with Crippen molar-refractivity contribution in [2.24, 2.45) is 0 Å². The fourth-order valence-electron chi connectivity index (χ4n) is 1.15. The molecule has 0 bridgehead atoms. The topological polar surface area (TPSA) is 77.8 Å². The highest BCUT2D eigenvalue weighted by Gasteiger charge is 2.20. The molecule has 0 fully saturated rings. The summed E-state index contributed by atoms with van der Waals surface area (Å²) in [5.41, 5.74) is 0.813. The largest absolute Gasteiger partial charge is 0.481 e. The molecule has 86 valence electrons. The van der Waals surface area contributed by atoms with Gasteiger partial charge in [-0.05, 0) is 13.8 Å². The molecule has 0 aromatic carbocycles. The summed E-state index contributed by atoms with van der Waals surface area (Å²) in [6.45, 7) is 7.62. The Hall–Kier alpha value is -1.36. The molecule has 0 amide bonds. The second kappa shape index (κ2) is 6.19. The molecule has 0 radical (unpaired) electrons. The predicted molar refractivity (Wildman–Crippen MR) is 55.7 cm³/mol. The van der Waals surface area contributed by atoms with E-state index in [0.717, 1.165) is 5.57 Å². The fourth-order valence-corrected chi connectivity index (χ4v) is 1.15. The molecule has 5 nitrogen and oxygen atoms in total. The zero-order valence-corrected chi connectivity index (χ0v) is 9.06. The van der Waals surface area contributed by atoms with Crippen molar-refractivity contribution < 1.29 is 19.8 Å². The third-order valence-electron chi connectivity index (χ3n) is 1.99. The lowest BCUT2D eigenvalue weighted by Gasteiger charge is -2.25. The molecule has 0 spiro atoms. The minimum atomic E-state index is -0.957. The van der Waals surface area contributed by atoms with Crippen molar-refractivity contribution in [3.05, 3.63) is 12.2 Å². The molecule has 1 unspecified atom stereocenters. The van der Waals surface area contributed by atoms with Crippen molar-refractivity contribution in [3.8, 4) is 0 Å². The molecule has 0 aliphatic heterocycles. The first-order chi connectivity index (χ1) is 6.84. The molecule has 0 heterocycles. The molecule has 0 saturated carbocycles. The van der Waals surface area contributed by atoms with Crippen LogP contribution in [0.1, 0.15) is 20.3 Å². The molecular formula is C10H17NO4. The summed E-state index contributed by atoms with van der Waals surface area (Å²) in [5, 5.41) is 17.3. The number of hydrogen-bond acceptors (Lipinski definition) is 3. The van der Waals surface area contributed by atoms with Gasteiger partial charge in [-0.3, -0.25) is 14.5 Å². The van der Waals surface area contributed by atoms with Crippen LogP contribution in [0.15, 0.2) is 12.2 Å². The molecule has 0 saturated heterocycles. The third-order valence-corrected chi connectivity index (χ3v) is 1.99. The van der Waals surface area contributed by atoms with Gasteiger partial charge in [0.25, 0.3) is 0 Å². The lowest BCUT2D eigenvalue weighted by Crippen LogP contribution is -2.41. The van der Waals surface area contributed by atoms with E-state index in [1.165, 1.54) is 6.92 Å². The van der Waals surface area contributed by atoms with Gasteiger partial charge < -0.3 is 10.2 Å². The van der Waals surface area contributed by atoms with Crippen LogP contribution in [-0.4, -0.2) is 46.2 Å². The minimum absolute atomic E-state index is 0.0646. The van der Waals surface area contributed by atoms with Crippen LogP contribution in [0.4, 0.5) is 0 Å². The van der Waals surface area contributed by atoms with E-state index >= 15 is 0 Å². The number of rotatable bonds is 7. The Labute approximate surface area is 89.0 Å². The molecule has 1 atom stereocenters. The van der Waals surface area contributed by atoms with Gasteiger partial charge >= 0.3 is 11.9 Å². The SMILES string of the molecule is C=C(C)CN(CCC(=O)O)C(C)C(=O)O. The zero-order valence-electron chi connectivity index (χ0n) is 9.06. The summed E-state index contributed by atoms with van der Waals surface area (Å²) >= 11 is 0. The van der Waals surface area contributed by atoms with Crippen LogP contribution in [-0.2, 0) is 9.59 Å². The summed E-state index contributed by atoms with van der Waals surface area (Å²) in [6, 6.07) is -0.693. The van der Waals surface area contributed by atoms with Gasteiger partial charge in [0.15, 0.2) is 0 Å². The van der Waals surface area contributed by atoms with E-state index in [0.29, 0.717) is 6.54 Å². The first-order valence-corrected chi connectivity index (χ1v) is 4.67. The normalized spacial score (nSPS) is 12.5. The van der Waals surface area contributed by atoms with Gasteiger partial charge in [0.05, 0.1) is 6.42 Å². The molecule has 5 heteroatoms. The van der Waals surface area contributed by atoms with Crippen molar-refractivity contribution in [3.63, 3.8) is 0 Å². The third kappa shape index (κ3) is 5.85. The van der Waals surface area contributed by atoms with Gasteiger partial charge in [-0.1, -0.05) is 12.2 Å². The Morgan fingerprint density at radius 1 is 1.40 bits per heavy atom. The Kier molecular flexibility index (Phi) is 5.62. The highest BCUT2D eigenvalue weighted by atomic mass is 16.4. The lowest BCUT2D eigenvalue weighted by molar-refractivity contribution is -0.144. The second-order valence-electron chi connectivity index (χ2n) is 3.59. The van der Waals surface area contributed by atoms with Crippen LogP contribution in [0.2, 0.25) is 0 Å². The molecule has 0 aliphatic carbocycles. The van der Waals surface area contributed by atoms with Crippen LogP contribution in [0.25, 0.3) is 0 Å². The molecular weight excluding hydrogens is 198 g/mol. The summed E-state index contributed by atoms with van der Waals surface area (Å²) in [4.78, 5) is 22.7. The highest BCUT2D eigenvalue weighted by Crippen LogP contribution is 2.04. The average molecular weight is 215 g/mol. The Morgan fingerprint density at radius 2 is 1.93 bits per heavy atom. The fraction of sp³-hybridized carbons (Fsp3) is 0.600. The first-order valence-electron chi connectivity index (χ1n) is 4.67. The minimum Gasteiger partial charge on any atom is -0.481 e. The van der Waals surface area contributed by atoms with E-state index in [1.807, 2.05) is 0 Å². The highest BCUT2D eigenvalue weighted by molar-refractivity contribution is 5.73. The van der Waals surface area contributed by atoms with Gasteiger partial charge in [-0.2, -0.15) is 0 Å². The molecule has 0 aliphatic rings. The Bertz CT molecular complexity index is 262. The quantitative estimate of drug-likeness (QED) is 0.614. The number of carboxylic acids is 2. The smallest absolute Gasteiger partial charge is 0.320 e. The summed E-state index contributed by atoms with van der Waals surface area (Å²) in [7, 11) is 0. The van der Waals surface area contributed by atoms with Crippen LogP contribution in [0.5, 0.6) is 0 Å². The molecule has 0 aromatic rings. The van der Waals surface area contributed by atoms with Crippen molar-refractivity contribution in [2.75, 3.05) is 13.1 Å². The van der Waals surface area contributed by atoms with E-state index < -0.39 is 18.0 Å². The molecule has 15 heavy (non-hydrogen) atoms. The van der Waals surface area contributed by atoms with Crippen molar-refractivity contribution >= 4 is 11.9 Å². The second-order valence-corrected chi connectivity index (χ2v) is 3.59. The molecule has 0 aromatic heterocycles. The number of carbonyl (C=O) groups is 2. The standard InChI is InChI=1S/C10H17NO4/c1-7(2)6-11(5-4-9(12)13)8(3)10(14)15/h8H,1,4-6H2,2-3H3,(H,12,13)(H,14,15). The number of carboxylic acid groups (broad SMARTS) is 2. The van der Waals surface area contributed by atoms with E-state index in [-0.39, 0.29) is 13.0 Å². The monoisotopic (exact) mass is 215 g/mol. The van der Waals surface area contributed by atoms with Gasteiger partial charge in [-0.15, -0.1) is 0 Å². The zero-order chi connectivity index (χ0) is 12.0. The summed E-state index contributed by atoms with van der Waals surface area (Å²) < 4.78 is 0. The van der Waals surface area contributed by atoms with Crippen molar-refractivity contribution in [1.82, 2.24) is 4.90 Å². The van der Waals surface area contributed by atoms with E-state index in [1.54, 1.807) is 11.8 Å². The number of aliphatic carboxylic acids is 2. The van der Waals surface area contributed by atoms with Crippen LogP contribution < -0.4 is 0 Å². The van der Waals surface area contributed by atoms with E-state index in [9.17, 15) is 9.59 Å². The van der Waals surface area contributed by atoms with E-state index in [2.05, 4.69) is 6.58 Å². The maximum absolute atomic E-state index is 10.7. The van der Waals surface area contributed by atoms with Gasteiger partial charge in [0, 0.05) is 13.1 Å². The molecule has 0 rings (SSSR count).